The number of hydrogen-bond donors (Lipinski definition) is 7. The predicted octanol–water partition coefficient (Wildman–Crippen LogP) is 2.75. The SMILES string of the molecule is CC(CCCC(=O)N(CC(N)=O)C[C@H](O)[C@@H](O)[C@H](O)[C@H](O)CO)c1ccc(Cl)c(CNC2(c3cnccc3-c3ccccc3OC3CC3)CC2)c1. The summed E-state index contributed by atoms with van der Waals surface area (Å²) in [5.41, 5.74) is 10.4. The van der Waals surface area contributed by atoms with Crippen molar-refractivity contribution < 1.29 is 39.9 Å². The van der Waals surface area contributed by atoms with Crippen molar-refractivity contribution in [3.05, 3.63) is 82.6 Å². The molecule has 0 radical (unpaired) electrons. The standard InChI is InChI=1S/C38H49ClN4O8/c1-23(5-4-8-35(48)43(21-34(40)47)20-31(45)36(49)37(50)32(46)22-44)24-9-12-30(39)25(17-24)18-42-38(14-15-38)29-19-41-16-13-27(29)28-6-2-3-7-33(28)51-26-10-11-26/h2-3,6-7,9,12-13,16-17,19,23,26,31-32,36-37,42,44-46,49-50H,4-5,8,10-11,14-15,18,20-22H2,1H3,(H2,40,47)/t23?,31-,32+,36+,37+/m0/s1. The summed E-state index contributed by atoms with van der Waals surface area (Å²) in [7, 11) is 0. The van der Waals surface area contributed by atoms with Gasteiger partial charge in [0.05, 0.1) is 19.3 Å². The van der Waals surface area contributed by atoms with Gasteiger partial charge in [0.1, 0.15) is 30.2 Å². The van der Waals surface area contributed by atoms with Crippen LogP contribution in [0, 0.1) is 0 Å². The van der Waals surface area contributed by atoms with Crippen molar-refractivity contribution in [1.29, 1.82) is 0 Å². The van der Waals surface area contributed by atoms with E-state index in [1.165, 1.54) is 0 Å². The number of nitrogens with two attached hydrogens (primary N) is 1. The highest BCUT2D eigenvalue weighted by atomic mass is 35.5. The Morgan fingerprint density at radius 2 is 1.78 bits per heavy atom. The third-order valence-electron chi connectivity index (χ3n) is 9.80. The maximum Gasteiger partial charge on any atom is 0.237 e. The molecule has 0 saturated heterocycles. The van der Waals surface area contributed by atoms with Gasteiger partial charge in [-0.15, -0.1) is 0 Å². The second kappa shape index (κ2) is 17.3. The second-order valence-corrected chi connectivity index (χ2v) is 14.3. The molecule has 0 aliphatic heterocycles. The van der Waals surface area contributed by atoms with Gasteiger partial charge in [0, 0.05) is 48.0 Å². The number of aliphatic hydroxyl groups excluding tert-OH is 5. The molecule has 8 N–H and O–H groups in total. The summed E-state index contributed by atoms with van der Waals surface area (Å²) in [6.45, 7) is 0.785. The molecule has 276 valence electrons. The lowest BCUT2D eigenvalue weighted by Crippen LogP contribution is -2.51. The maximum absolute atomic E-state index is 13.0. The number of rotatable bonds is 20. The summed E-state index contributed by atoms with van der Waals surface area (Å²) in [6, 6.07) is 16.2. The first-order valence-electron chi connectivity index (χ1n) is 17.6. The van der Waals surface area contributed by atoms with Gasteiger partial charge in [-0.05, 0) is 84.9 Å². The molecule has 1 unspecified atom stereocenters. The van der Waals surface area contributed by atoms with Crippen molar-refractivity contribution in [1.82, 2.24) is 15.2 Å². The molecule has 2 fully saturated rings. The molecule has 3 aromatic rings. The van der Waals surface area contributed by atoms with Gasteiger partial charge in [0.15, 0.2) is 0 Å². The fraction of sp³-hybridized carbons (Fsp3) is 0.500. The first kappa shape index (κ1) is 38.6. The molecule has 0 spiro atoms. The third kappa shape index (κ3) is 10.0. The molecule has 2 aliphatic rings. The van der Waals surface area contributed by atoms with Gasteiger partial charge in [-0.25, -0.2) is 0 Å². The minimum Gasteiger partial charge on any atom is -0.490 e. The minimum absolute atomic E-state index is 0.0506. The number of hydrogen-bond acceptors (Lipinski definition) is 10. The maximum atomic E-state index is 13.0. The van der Waals surface area contributed by atoms with Crippen LogP contribution in [-0.4, -0.2) is 97.4 Å². The summed E-state index contributed by atoms with van der Waals surface area (Å²) in [5, 5.41) is 53.5. The van der Waals surface area contributed by atoms with Crippen LogP contribution in [0.25, 0.3) is 11.1 Å². The van der Waals surface area contributed by atoms with Crippen LogP contribution in [0.4, 0.5) is 0 Å². The van der Waals surface area contributed by atoms with Gasteiger partial charge in [-0.3, -0.25) is 14.6 Å². The van der Waals surface area contributed by atoms with Crippen LogP contribution in [0.15, 0.2) is 60.9 Å². The van der Waals surface area contributed by atoms with E-state index in [2.05, 4.69) is 35.4 Å². The molecular formula is C38H49ClN4O8. The first-order valence-corrected chi connectivity index (χ1v) is 17.9. The molecule has 2 saturated carbocycles. The zero-order chi connectivity index (χ0) is 36.7. The first-order chi connectivity index (χ1) is 24.4. The Labute approximate surface area is 303 Å². The highest BCUT2D eigenvalue weighted by Gasteiger charge is 2.46. The van der Waals surface area contributed by atoms with Gasteiger partial charge in [0.2, 0.25) is 11.8 Å². The average Bonchev–Trinajstić information content (AvgIpc) is 4.07. The number of halogens is 1. The number of pyridine rings is 1. The van der Waals surface area contributed by atoms with Gasteiger partial charge < -0.3 is 46.2 Å². The van der Waals surface area contributed by atoms with E-state index in [1.54, 1.807) is 0 Å². The molecule has 12 nitrogen and oxygen atoms in total. The van der Waals surface area contributed by atoms with Crippen molar-refractivity contribution in [2.75, 3.05) is 19.7 Å². The molecule has 13 heteroatoms. The zero-order valence-electron chi connectivity index (χ0n) is 28.8. The van der Waals surface area contributed by atoms with Crippen LogP contribution in [0.2, 0.25) is 5.02 Å². The van der Waals surface area contributed by atoms with Crippen molar-refractivity contribution in [2.24, 2.45) is 5.73 Å². The summed E-state index contributed by atoms with van der Waals surface area (Å²) in [4.78, 5) is 30.2. The number of amides is 2. The summed E-state index contributed by atoms with van der Waals surface area (Å²) >= 11 is 6.69. The van der Waals surface area contributed by atoms with Crippen LogP contribution < -0.4 is 15.8 Å². The van der Waals surface area contributed by atoms with Crippen molar-refractivity contribution in [3.8, 4) is 16.9 Å². The number of para-hydroxylation sites is 1. The van der Waals surface area contributed by atoms with Gasteiger partial charge in [-0.2, -0.15) is 0 Å². The third-order valence-corrected chi connectivity index (χ3v) is 10.2. The van der Waals surface area contributed by atoms with Crippen LogP contribution in [0.3, 0.4) is 0 Å². The lowest BCUT2D eigenvalue weighted by Gasteiger charge is -2.30. The van der Waals surface area contributed by atoms with E-state index in [4.69, 9.17) is 27.2 Å². The summed E-state index contributed by atoms with van der Waals surface area (Å²) < 4.78 is 6.25. The normalized spacial score (nSPS) is 17.9. The highest BCUT2D eigenvalue weighted by molar-refractivity contribution is 6.31. The van der Waals surface area contributed by atoms with E-state index in [0.717, 1.165) is 64.1 Å². The Kier molecular flexibility index (Phi) is 13.1. The Balaban J connectivity index is 1.19. The van der Waals surface area contributed by atoms with E-state index < -0.39 is 55.9 Å². The van der Waals surface area contributed by atoms with E-state index in [-0.39, 0.29) is 24.0 Å². The fourth-order valence-electron chi connectivity index (χ4n) is 6.36. The molecule has 51 heavy (non-hydrogen) atoms. The van der Waals surface area contributed by atoms with Gasteiger partial charge in [-0.1, -0.05) is 48.9 Å². The molecule has 2 aliphatic carbocycles. The number of carbonyl (C=O) groups excluding carboxylic acids is 2. The number of benzene rings is 2. The predicted molar refractivity (Wildman–Crippen MR) is 192 cm³/mol. The zero-order valence-corrected chi connectivity index (χ0v) is 29.6. The lowest BCUT2D eigenvalue weighted by atomic mass is 9.93. The van der Waals surface area contributed by atoms with E-state index in [1.807, 2.05) is 42.7 Å². The number of nitrogens with zero attached hydrogens (tertiary/aromatic N) is 2. The number of nitrogens with one attached hydrogen (secondary N) is 1. The van der Waals surface area contributed by atoms with Crippen LogP contribution in [0.1, 0.15) is 74.5 Å². The van der Waals surface area contributed by atoms with E-state index in [9.17, 15) is 30.0 Å². The monoisotopic (exact) mass is 724 g/mol. The van der Waals surface area contributed by atoms with E-state index >= 15 is 0 Å². The minimum atomic E-state index is -1.87. The smallest absolute Gasteiger partial charge is 0.237 e. The molecular weight excluding hydrogens is 676 g/mol. The van der Waals surface area contributed by atoms with Crippen LogP contribution >= 0.6 is 11.6 Å². The van der Waals surface area contributed by atoms with Crippen molar-refractivity contribution in [2.45, 2.75) is 100 Å². The molecule has 5 atom stereocenters. The molecule has 2 aromatic carbocycles. The summed E-state index contributed by atoms with van der Waals surface area (Å²) in [6.07, 6.45) is 2.20. The van der Waals surface area contributed by atoms with Crippen molar-refractivity contribution >= 4 is 23.4 Å². The van der Waals surface area contributed by atoms with Crippen LogP contribution in [0.5, 0.6) is 5.75 Å². The number of aliphatic hydroxyl groups is 5. The molecule has 5 rings (SSSR count). The molecule has 2 amide bonds. The second-order valence-electron chi connectivity index (χ2n) is 13.9. The lowest BCUT2D eigenvalue weighted by molar-refractivity contribution is -0.142. The largest absolute Gasteiger partial charge is 0.490 e. The fourth-order valence-corrected chi connectivity index (χ4v) is 6.54. The Morgan fingerprint density at radius 3 is 2.47 bits per heavy atom. The van der Waals surface area contributed by atoms with Gasteiger partial charge in [0.25, 0.3) is 0 Å². The molecule has 1 heterocycles. The number of carbonyl (C=O) groups is 2. The topological polar surface area (TPSA) is 199 Å². The summed E-state index contributed by atoms with van der Waals surface area (Å²) in [5.74, 6) is -0.307. The quantitative estimate of drug-likeness (QED) is 0.0910. The van der Waals surface area contributed by atoms with Crippen LogP contribution in [-0.2, 0) is 21.7 Å². The highest BCUT2D eigenvalue weighted by Crippen LogP contribution is 2.50. The number of primary amides is 1. The van der Waals surface area contributed by atoms with E-state index in [0.29, 0.717) is 24.4 Å². The van der Waals surface area contributed by atoms with Crippen molar-refractivity contribution in [3.63, 3.8) is 0 Å². The Morgan fingerprint density at radius 1 is 1.06 bits per heavy atom. The Hall–Kier alpha value is -3.62. The number of aromatic nitrogens is 1. The van der Waals surface area contributed by atoms with Gasteiger partial charge >= 0.3 is 0 Å². The Bertz CT molecular complexity index is 1650. The number of ether oxygens (including phenoxy) is 1. The average molecular weight is 725 g/mol. The molecule has 1 aromatic heterocycles. The molecule has 0 bridgehead atoms.